The van der Waals surface area contributed by atoms with E-state index in [0.717, 1.165) is 103 Å². The molecule has 1 unspecified atom stereocenters. The topological polar surface area (TPSA) is 78.9 Å². The van der Waals surface area contributed by atoms with Crippen molar-refractivity contribution in [1.82, 2.24) is 0 Å². The molecule has 0 amide bonds. The molecule has 0 bridgehead atoms. The molecular weight excluding hydrogens is 1020 g/mol. The van der Waals surface area contributed by atoms with Gasteiger partial charge in [-0.3, -0.25) is 14.4 Å². The molecule has 480 valence electrons. The molecule has 0 aromatic heterocycles. The quantitative estimate of drug-likeness (QED) is 0.0261. The minimum Gasteiger partial charge on any atom is -0.462 e. The number of unbranched alkanes of at least 4 members (excludes halogenated alkanes) is 41. The molecule has 6 heteroatoms. The molecule has 6 nitrogen and oxygen atoms in total. The van der Waals surface area contributed by atoms with Gasteiger partial charge in [0, 0.05) is 19.3 Å². The van der Waals surface area contributed by atoms with Crippen LogP contribution in [0.5, 0.6) is 0 Å². The summed E-state index contributed by atoms with van der Waals surface area (Å²) in [6, 6.07) is 0. The lowest BCUT2D eigenvalue weighted by Crippen LogP contribution is -2.30. The fourth-order valence-electron chi connectivity index (χ4n) is 10.5. The van der Waals surface area contributed by atoms with Crippen molar-refractivity contribution >= 4 is 17.9 Å². The van der Waals surface area contributed by atoms with Crippen LogP contribution in [0.25, 0.3) is 0 Å². The fraction of sp³-hybridized carbons (Fsp3) is 0.779. The largest absolute Gasteiger partial charge is 0.462 e. The summed E-state index contributed by atoms with van der Waals surface area (Å²) in [4.78, 5) is 38.4. The number of ether oxygens (including phenoxy) is 3. The van der Waals surface area contributed by atoms with Gasteiger partial charge in [-0.2, -0.15) is 0 Å². The van der Waals surface area contributed by atoms with Gasteiger partial charge in [-0.1, -0.05) is 337 Å². The van der Waals surface area contributed by atoms with Crippen molar-refractivity contribution in [2.24, 2.45) is 0 Å². The van der Waals surface area contributed by atoms with Crippen molar-refractivity contribution in [2.45, 2.75) is 374 Å². The fourth-order valence-corrected chi connectivity index (χ4v) is 10.5. The van der Waals surface area contributed by atoms with E-state index in [1.54, 1.807) is 0 Å². The molecule has 0 aliphatic heterocycles. The van der Waals surface area contributed by atoms with E-state index in [-0.39, 0.29) is 31.1 Å². The SMILES string of the molecule is CC/C=C\C/C=C\C/C=C\C/C=C\C/C=C\CCCCCC(=O)OC(COC(=O)CCCCCCCCCCCCCCCCC)COC(=O)CCCCCCCCCCCCCCCCCCCCC/C=C\C/C=C\CCCCCCC. The predicted octanol–water partition coefficient (Wildman–Crippen LogP) is 25.0. The van der Waals surface area contributed by atoms with Crippen LogP contribution >= 0.6 is 0 Å². The summed E-state index contributed by atoms with van der Waals surface area (Å²) in [5.41, 5.74) is 0. The van der Waals surface area contributed by atoms with E-state index in [4.69, 9.17) is 14.2 Å². The molecule has 0 spiro atoms. The van der Waals surface area contributed by atoms with Crippen LogP contribution in [0.1, 0.15) is 367 Å². The Labute approximate surface area is 515 Å². The van der Waals surface area contributed by atoms with Crippen molar-refractivity contribution in [3.63, 3.8) is 0 Å². The maximum atomic E-state index is 12.9. The average Bonchev–Trinajstić information content (AvgIpc) is 3.49. The Balaban J connectivity index is 4.25. The lowest BCUT2D eigenvalue weighted by molar-refractivity contribution is -0.167. The first-order valence-electron chi connectivity index (χ1n) is 36.1. The maximum absolute atomic E-state index is 12.9. The Morgan fingerprint density at radius 1 is 0.253 bits per heavy atom. The Bertz CT molecular complexity index is 1570. The molecular formula is C77H136O6. The van der Waals surface area contributed by atoms with Crippen LogP contribution in [0.4, 0.5) is 0 Å². The third-order valence-corrected chi connectivity index (χ3v) is 15.9. The zero-order valence-corrected chi connectivity index (χ0v) is 55.2. The van der Waals surface area contributed by atoms with Crippen LogP contribution in [0.15, 0.2) is 85.1 Å². The minimum absolute atomic E-state index is 0.0854. The average molecular weight is 1160 g/mol. The van der Waals surface area contributed by atoms with Crippen LogP contribution in [0.3, 0.4) is 0 Å². The third-order valence-electron chi connectivity index (χ3n) is 15.9. The van der Waals surface area contributed by atoms with Gasteiger partial charge < -0.3 is 14.2 Å². The summed E-state index contributed by atoms with van der Waals surface area (Å²) >= 11 is 0. The zero-order chi connectivity index (χ0) is 59.9. The monoisotopic (exact) mass is 1160 g/mol. The molecule has 0 heterocycles. The molecule has 1 atom stereocenters. The standard InChI is InChI=1S/C77H136O6/c1-4-7-10-13-16-19-22-25-28-30-32-33-34-35-36-37-38-39-40-41-42-43-45-46-49-52-55-58-61-64-67-70-76(79)82-73-74(72-81-75(78)69-66-63-60-57-54-51-48-27-24-21-18-15-12-9-6-3)83-77(80)71-68-65-62-59-56-53-50-47-44-31-29-26-23-20-17-14-11-8-5-2/h8,11,17,20,22,25-26,29-30,32,44,47,53,56,74H,4-7,9-10,12-16,18-19,21,23-24,27-28,31,33-43,45-46,48-52,54-55,57-73H2,1-3H3/b11-8-,20-17-,25-22-,29-26-,32-30-,47-44-,56-53-. The van der Waals surface area contributed by atoms with E-state index >= 15 is 0 Å². The first-order chi connectivity index (χ1) is 41.0. The normalized spacial score (nSPS) is 12.6. The summed E-state index contributed by atoms with van der Waals surface area (Å²) in [6.07, 6.45) is 94.8. The van der Waals surface area contributed by atoms with E-state index in [1.165, 1.54) is 225 Å². The van der Waals surface area contributed by atoms with Crippen molar-refractivity contribution in [2.75, 3.05) is 13.2 Å². The van der Waals surface area contributed by atoms with Gasteiger partial charge in [-0.15, -0.1) is 0 Å². The third kappa shape index (κ3) is 69.3. The highest BCUT2D eigenvalue weighted by molar-refractivity contribution is 5.71. The molecule has 0 aromatic rings. The van der Waals surface area contributed by atoms with Crippen LogP contribution in [-0.4, -0.2) is 37.2 Å². The van der Waals surface area contributed by atoms with Gasteiger partial charge in [0.05, 0.1) is 0 Å². The lowest BCUT2D eigenvalue weighted by Gasteiger charge is -2.18. The second-order valence-electron chi connectivity index (χ2n) is 24.1. The van der Waals surface area contributed by atoms with E-state index in [9.17, 15) is 14.4 Å². The molecule has 0 rings (SSSR count). The Morgan fingerprint density at radius 3 is 0.747 bits per heavy atom. The second-order valence-corrected chi connectivity index (χ2v) is 24.1. The molecule has 0 fully saturated rings. The first kappa shape index (κ1) is 79.6. The van der Waals surface area contributed by atoms with Crippen LogP contribution < -0.4 is 0 Å². The zero-order valence-electron chi connectivity index (χ0n) is 55.2. The Hall–Kier alpha value is -3.41. The summed E-state index contributed by atoms with van der Waals surface area (Å²) in [5, 5.41) is 0. The molecule has 0 N–H and O–H groups in total. The van der Waals surface area contributed by atoms with Crippen LogP contribution in [-0.2, 0) is 28.6 Å². The number of allylic oxidation sites excluding steroid dienone is 14. The van der Waals surface area contributed by atoms with Gasteiger partial charge in [-0.05, 0) is 96.3 Å². The van der Waals surface area contributed by atoms with Gasteiger partial charge in [0.25, 0.3) is 0 Å². The second kappa shape index (κ2) is 71.1. The van der Waals surface area contributed by atoms with Crippen LogP contribution in [0, 0.1) is 0 Å². The van der Waals surface area contributed by atoms with Crippen molar-refractivity contribution in [3.8, 4) is 0 Å². The summed E-state index contributed by atoms with van der Waals surface area (Å²) in [7, 11) is 0. The number of carbonyl (C=O) groups excluding carboxylic acids is 3. The smallest absolute Gasteiger partial charge is 0.306 e. The maximum Gasteiger partial charge on any atom is 0.306 e. The summed E-state index contributed by atoms with van der Waals surface area (Å²) < 4.78 is 17.0. The molecule has 0 saturated heterocycles. The van der Waals surface area contributed by atoms with Crippen LogP contribution in [0.2, 0.25) is 0 Å². The summed E-state index contributed by atoms with van der Waals surface area (Å²) in [6.45, 7) is 6.54. The lowest BCUT2D eigenvalue weighted by atomic mass is 10.0. The van der Waals surface area contributed by atoms with Gasteiger partial charge in [0.15, 0.2) is 6.10 Å². The summed E-state index contributed by atoms with van der Waals surface area (Å²) in [5.74, 6) is -0.897. The predicted molar refractivity (Wildman–Crippen MR) is 362 cm³/mol. The molecule has 0 radical (unpaired) electrons. The van der Waals surface area contributed by atoms with E-state index in [1.807, 2.05) is 0 Å². The van der Waals surface area contributed by atoms with Gasteiger partial charge in [0.2, 0.25) is 0 Å². The minimum atomic E-state index is -0.793. The van der Waals surface area contributed by atoms with Crippen molar-refractivity contribution < 1.29 is 28.6 Å². The number of hydrogen-bond acceptors (Lipinski definition) is 6. The number of esters is 3. The van der Waals surface area contributed by atoms with E-state index in [2.05, 4.69) is 106 Å². The molecule has 0 saturated carbocycles. The molecule has 83 heavy (non-hydrogen) atoms. The highest BCUT2D eigenvalue weighted by Gasteiger charge is 2.19. The Kier molecular flexibility index (Phi) is 68.2. The molecule has 0 aliphatic carbocycles. The van der Waals surface area contributed by atoms with E-state index in [0.29, 0.717) is 19.3 Å². The Morgan fingerprint density at radius 2 is 0.470 bits per heavy atom. The number of carbonyl (C=O) groups is 3. The molecule has 0 aromatic carbocycles. The van der Waals surface area contributed by atoms with Gasteiger partial charge in [-0.25, -0.2) is 0 Å². The number of hydrogen-bond donors (Lipinski definition) is 0. The van der Waals surface area contributed by atoms with Gasteiger partial charge >= 0.3 is 17.9 Å². The van der Waals surface area contributed by atoms with E-state index < -0.39 is 6.10 Å². The van der Waals surface area contributed by atoms with Crippen molar-refractivity contribution in [1.29, 1.82) is 0 Å². The highest BCUT2D eigenvalue weighted by atomic mass is 16.6. The first-order valence-corrected chi connectivity index (χ1v) is 36.1. The number of rotatable bonds is 66. The van der Waals surface area contributed by atoms with Crippen molar-refractivity contribution in [3.05, 3.63) is 85.1 Å². The highest BCUT2D eigenvalue weighted by Crippen LogP contribution is 2.18. The molecule has 0 aliphatic rings. The van der Waals surface area contributed by atoms with Gasteiger partial charge in [0.1, 0.15) is 13.2 Å².